The molecule has 1 saturated heterocycles. The second-order valence-corrected chi connectivity index (χ2v) is 8.46. The smallest absolute Gasteiger partial charge is 0.343 e. The van der Waals surface area contributed by atoms with E-state index in [1.165, 1.54) is 16.7 Å². The summed E-state index contributed by atoms with van der Waals surface area (Å²) < 4.78 is 5.44. The van der Waals surface area contributed by atoms with Gasteiger partial charge in [0.15, 0.2) is 17.3 Å². The number of hydrogen-bond donors (Lipinski definition) is 0. The van der Waals surface area contributed by atoms with Crippen molar-refractivity contribution in [2.24, 2.45) is 0 Å². The second kappa shape index (κ2) is 6.74. The predicted molar refractivity (Wildman–Crippen MR) is 111 cm³/mol. The number of ketones is 1. The standard InChI is InChI=1S/C23H17NO4S/c25-19(17-10-9-15-5-1-2-6-16(15)13-17)14-28-22(27)23-12-11-21(26)24(23)18-7-3-4-8-20(18)29-23/h1-10,13H,11-12,14H2. The van der Waals surface area contributed by atoms with Gasteiger partial charge < -0.3 is 4.74 Å². The molecule has 5 nitrogen and oxygen atoms in total. The van der Waals surface area contributed by atoms with Crippen LogP contribution in [0.2, 0.25) is 0 Å². The van der Waals surface area contributed by atoms with Gasteiger partial charge >= 0.3 is 5.97 Å². The van der Waals surface area contributed by atoms with Crippen molar-refractivity contribution in [3.63, 3.8) is 0 Å². The fourth-order valence-electron chi connectivity index (χ4n) is 3.96. The molecule has 3 aromatic rings. The maximum absolute atomic E-state index is 13.0. The van der Waals surface area contributed by atoms with Crippen molar-refractivity contribution < 1.29 is 19.1 Å². The highest BCUT2D eigenvalue weighted by atomic mass is 32.2. The van der Waals surface area contributed by atoms with E-state index in [2.05, 4.69) is 0 Å². The topological polar surface area (TPSA) is 63.7 Å². The molecule has 1 fully saturated rings. The zero-order valence-electron chi connectivity index (χ0n) is 15.5. The molecule has 0 radical (unpaired) electrons. The zero-order chi connectivity index (χ0) is 20.0. The molecule has 1 amide bonds. The van der Waals surface area contributed by atoms with E-state index in [-0.39, 0.29) is 24.7 Å². The van der Waals surface area contributed by atoms with Crippen LogP contribution in [-0.2, 0) is 14.3 Å². The molecule has 2 aliphatic rings. The Balaban J connectivity index is 1.35. The summed E-state index contributed by atoms with van der Waals surface area (Å²) in [6.45, 7) is -0.349. The molecule has 0 aromatic heterocycles. The van der Waals surface area contributed by atoms with E-state index in [1.807, 2.05) is 54.6 Å². The van der Waals surface area contributed by atoms with E-state index >= 15 is 0 Å². The summed E-state index contributed by atoms with van der Waals surface area (Å²) in [4.78, 5) is 39.4. The SMILES string of the molecule is O=C(COC(=O)C12CCC(=O)N1c1ccccc1S2)c1ccc2ccccc2c1. The van der Waals surface area contributed by atoms with Gasteiger partial charge in [0.1, 0.15) is 0 Å². The lowest BCUT2D eigenvalue weighted by atomic mass is 10.0. The number of rotatable bonds is 4. The molecule has 2 aliphatic heterocycles. The second-order valence-electron chi connectivity index (χ2n) is 7.14. The molecule has 29 heavy (non-hydrogen) atoms. The Hall–Kier alpha value is -3.12. The molecular formula is C23H17NO4S. The Bertz CT molecular complexity index is 1170. The number of fused-ring (bicyclic) bond motifs is 4. The van der Waals surface area contributed by atoms with Gasteiger partial charge in [0.25, 0.3) is 0 Å². The van der Waals surface area contributed by atoms with Crippen LogP contribution in [0.1, 0.15) is 23.2 Å². The fourth-order valence-corrected chi connectivity index (χ4v) is 5.37. The lowest BCUT2D eigenvalue weighted by molar-refractivity contribution is -0.145. The molecule has 6 heteroatoms. The van der Waals surface area contributed by atoms with Gasteiger partial charge in [-0.05, 0) is 29.0 Å². The number of amides is 1. The van der Waals surface area contributed by atoms with Crippen molar-refractivity contribution in [2.75, 3.05) is 11.5 Å². The van der Waals surface area contributed by atoms with Crippen molar-refractivity contribution in [1.29, 1.82) is 0 Å². The summed E-state index contributed by atoms with van der Waals surface area (Å²) in [5, 5.41) is 2.00. The molecule has 2 heterocycles. The highest BCUT2D eigenvalue weighted by Gasteiger charge is 2.58. The van der Waals surface area contributed by atoms with E-state index < -0.39 is 10.8 Å². The van der Waals surface area contributed by atoms with Crippen LogP contribution in [0.4, 0.5) is 5.69 Å². The lowest BCUT2D eigenvalue weighted by Gasteiger charge is -2.28. The molecule has 0 N–H and O–H groups in total. The maximum atomic E-state index is 13.0. The number of ether oxygens (including phenoxy) is 1. The van der Waals surface area contributed by atoms with Gasteiger partial charge in [-0.2, -0.15) is 0 Å². The average molecular weight is 403 g/mol. The summed E-state index contributed by atoms with van der Waals surface area (Å²) in [6, 6.07) is 20.6. The third-order valence-electron chi connectivity index (χ3n) is 5.40. The first kappa shape index (κ1) is 17.9. The predicted octanol–water partition coefficient (Wildman–Crippen LogP) is 4.19. The van der Waals surface area contributed by atoms with Gasteiger partial charge in [-0.15, -0.1) is 0 Å². The minimum Gasteiger partial charge on any atom is -0.455 e. The molecule has 3 aromatic carbocycles. The van der Waals surface area contributed by atoms with Gasteiger partial charge in [0.05, 0.1) is 5.69 Å². The van der Waals surface area contributed by atoms with E-state index in [1.54, 1.807) is 12.1 Å². The molecule has 1 atom stereocenters. The van der Waals surface area contributed by atoms with Gasteiger partial charge in [-0.3, -0.25) is 14.5 Å². The van der Waals surface area contributed by atoms with E-state index in [9.17, 15) is 14.4 Å². The minimum atomic E-state index is -1.11. The van der Waals surface area contributed by atoms with Crippen LogP contribution in [0.5, 0.6) is 0 Å². The highest BCUT2D eigenvalue weighted by Crippen LogP contribution is 2.56. The average Bonchev–Trinajstić information content (AvgIpc) is 3.27. The summed E-state index contributed by atoms with van der Waals surface area (Å²) in [5.41, 5.74) is 1.23. The van der Waals surface area contributed by atoms with Crippen LogP contribution in [0.15, 0.2) is 71.6 Å². The number of Topliss-reactive ketones (excluding diaryl/α,β-unsaturated/α-hetero) is 1. The molecule has 0 aliphatic carbocycles. The number of hydrogen-bond acceptors (Lipinski definition) is 5. The number of carbonyl (C=O) groups excluding carboxylic acids is 3. The highest BCUT2D eigenvalue weighted by molar-refractivity contribution is 8.02. The fraction of sp³-hybridized carbons (Fsp3) is 0.174. The number of esters is 1. The Kier molecular flexibility index (Phi) is 4.17. The molecular weight excluding hydrogens is 386 g/mol. The Morgan fingerprint density at radius 1 is 1.00 bits per heavy atom. The van der Waals surface area contributed by atoms with Gasteiger partial charge in [0.2, 0.25) is 5.91 Å². The normalized spacial score (nSPS) is 19.9. The van der Waals surface area contributed by atoms with Gasteiger partial charge in [0, 0.05) is 23.3 Å². The van der Waals surface area contributed by atoms with Gasteiger partial charge in [-0.1, -0.05) is 60.3 Å². The number of nitrogens with zero attached hydrogens (tertiary/aromatic N) is 1. The van der Waals surface area contributed by atoms with Crippen LogP contribution in [0.25, 0.3) is 10.8 Å². The monoisotopic (exact) mass is 403 g/mol. The van der Waals surface area contributed by atoms with Crippen LogP contribution in [0.3, 0.4) is 0 Å². The zero-order valence-corrected chi connectivity index (χ0v) is 16.3. The van der Waals surface area contributed by atoms with E-state index in [0.717, 1.165) is 21.4 Å². The molecule has 144 valence electrons. The first-order chi connectivity index (χ1) is 14.1. The van der Waals surface area contributed by atoms with Crippen LogP contribution in [0, 0.1) is 0 Å². The maximum Gasteiger partial charge on any atom is 0.343 e. The third-order valence-corrected chi connectivity index (χ3v) is 6.85. The van der Waals surface area contributed by atoms with Crippen molar-refractivity contribution in [2.45, 2.75) is 22.6 Å². The number of benzene rings is 3. The summed E-state index contributed by atoms with van der Waals surface area (Å²) in [7, 11) is 0. The molecule has 0 spiro atoms. The quantitative estimate of drug-likeness (QED) is 0.483. The molecule has 1 unspecified atom stereocenters. The number of para-hydroxylation sites is 1. The molecule has 0 saturated carbocycles. The third kappa shape index (κ3) is 2.83. The van der Waals surface area contributed by atoms with Crippen molar-refractivity contribution in [3.05, 3.63) is 72.3 Å². The number of carbonyl (C=O) groups is 3. The van der Waals surface area contributed by atoms with Crippen LogP contribution < -0.4 is 4.90 Å². The number of thioether (sulfide) groups is 1. The Morgan fingerprint density at radius 3 is 2.62 bits per heavy atom. The van der Waals surface area contributed by atoms with Gasteiger partial charge in [-0.25, -0.2) is 4.79 Å². The van der Waals surface area contributed by atoms with Crippen molar-refractivity contribution in [3.8, 4) is 0 Å². The molecule has 5 rings (SSSR count). The Labute approximate surface area is 171 Å². The van der Waals surface area contributed by atoms with Crippen molar-refractivity contribution in [1.82, 2.24) is 0 Å². The largest absolute Gasteiger partial charge is 0.455 e. The van der Waals surface area contributed by atoms with Crippen LogP contribution >= 0.6 is 11.8 Å². The van der Waals surface area contributed by atoms with E-state index in [4.69, 9.17) is 4.74 Å². The van der Waals surface area contributed by atoms with E-state index in [0.29, 0.717) is 12.0 Å². The first-order valence-electron chi connectivity index (χ1n) is 9.39. The summed E-state index contributed by atoms with van der Waals surface area (Å²) in [5.74, 6) is -0.907. The first-order valence-corrected chi connectivity index (χ1v) is 10.2. The van der Waals surface area contributed by atoms with Crippen LogP contribution in [-0.4, -0.2) is 29.1 Å². The van der Waals surface area contributed by atoms with Crippen molar-refractivity contribution >= 4 is 45.9 Å². The minimum absolute atomic E-state index is 0.0970. The molecule has 0 bridgehead atoms. The summed E-state index contributed by atoms with van der Waals surface area (Å²) >= 11 is 1.33. The number of anilines is 1. The lowest BCUT2D eigenvalue weighted by Crippen LogP contribution is -2.48. The Morgan fingerprint density at radius 2 is 1.76 bits per heavy atom. The summed E-state index contributed by atoms with van der Waals surface area (Å²) in [6.07, 6.45) is 0.656.